The molecule has 0 aliphatic carbocycles. The average molecular weight is 256 g/mol. The fourth-order valence-electron chi connectivity index (χ4n) is 2.49. The van der Waals surface area contributed by atoms with E-state index in [0.29, 0.717) is 12.1 Å². The summed E-state index contributed by atoms with van der Waals surface area (Å²) in [6.07, 6.45) is 4.11. The van der Waals surface area contributed by atoms with Gasteiger partial charge in [-0.3, -0.25) is 9.48 Å². The summed E-state index contributed by atoms with van der Waals surface area (Å²) in [4.78, 5) is 14.3. The van der Waals surface area contributed by atoms with E-state index in [1.165, 1.54) is 0 Å². The minimum Gasteiger partial charge on any atom is -0.324 e. The van der Waals surface area contributed by atoms with Crippen molar-refractivity contribution < 1.29 is 4.79 Å². The van der Waals surface area contributed by atoms with Crippen LogP contribution in [-0.2, 0) is 7.05 Å². The molecule has 0 spiro atoms. The molecule has 0 saturated heterocycles. The maximum atomic E-state index is 12.5. The van der Waals surface area contributed by atoms with Crippen molar-refractivity contribution in [1.82, 2.24) is 9.78 Å². The van der Waals surface area contributed by atoms with Crippen molar-refractivity contribution in [2.24, 2.45) is 12.8 Å². The van der Waals surface area contributed by atoms with Gasteiger partial charge in [-0.25, -0.2) is 0 Å². The Bertz CT molecular complexity index is 619. The number of fused-ring (bicyclic) bond motifs is 1. The van der Waals surface area contributed by atoms with Crippen LogP contribution in [0.2, 0.25) is 0 Å². The van der Waals surface area contributed by atoms with Gasteiger partial charge in [0.05, 0.1) is 11.8 Å². The summed E-state index contributed by atoms with van der Waals surface area (Å²) < 4.78 is 1.63. The van der Waals surface area contributed by atoms with Crippen LogP contribution in [0.15, 0.2) is 36.7 Å². The standard InChI is InChI=1S/C14H16N4O/c1-17-9-10(8-16-17)14(19)18-7-6-12(15)11-4-2-3-5-13(11)18/h2-5,8-9,12H,6-7,15H2,1H3. The zero-order valence-electron chi connectivity index (χ0n) is 10.8. The van der Waals surface area contributed by atoms with E-state index in [0.717, 1.165) is 17.7 Å². The number of nitrogens with zero attached hydrogens (tertiary/aromatic N) is 3. The van der Waals surface area contributed by atoms with E-state index in [1.54, 1.807) is 29.0 Å². The first-order valence-corrected chi connectivity index (χ1v) is 6.32. The fourth-order valence-corrected chi connectivity index (χ4v) is 2.49. The van der Waals surface area contributed by atoms with Crippen molar-refractivity contribution in [3.05, 3.63) is 47.8 Å². The summed E-state index contributed by atoms with van der Waals surface area (Å²) in [7, 11) is 1.80. The Kier molecular flexibility index (Phi) is 2.83. The molecule has 5 heteroatoms. The SMILES string of the molecule is Cn1cc(C(=O)N2CCC(N)c3ccccc32)cn1. The molecule has 0 radical (unpaired) electrons. The van der Waals surface area contributed by atoms with Crippen LogP contribution < -0.4 is 10.6 Å². The van der Waals surface area contributed by atoms with Crippen molar-refractivity contribution >= 4 is 11.6 Å². The molecular formula is C14H16N4O. The van der Waals surface area contributed by atoms with Gasteiger partial charge in [-0.15, -0.1) is 0 Å². The number of amides is 1. The van der Waals surface area contributed by atoms with Gasteiger partial charge in [0.2, 0.25) is 0 Å². The van der Waals surface area contributed by atoms with E-state index in [1.807, 2.05) is 24.3 Å². The number of carbonyl (C=O) groups is 1. The van der Waals surface area contributed by atoms with Gasteiger partial charge in [0.15, 0.2) is 0 Å². The molecule has 5 nitrogen and oxygen atoms in total. The summed E-state index contributed by atoms with van der Waals surface area (Å²) >= 11 is 0. The summed E-state index contributed by atoms with van der Waals surface area (Å²) in [5, 5.41) is 4.05. The predicted molar refractivity (Wildman–Crippen MR) is 72.9 cm³/mol. The summed E-state index contributed by atoms with van der Waals surface area (Å²) in [6, 6.07) is 7.83. The highest BCUT2D eigenvalue weighted by molar-refractivity contribution is 6.06. The fraction of sp³-hybridized carbons (Fsp3) is 0.286. The molecule has 2 heterocycles. The Hall–Kier alpha value is -2.14. The smallest absolute Gasteiger partial charge is 0.261 e. The van der Waals surface area contributed by atoms with E-state index in [2.05, 4.69) is 5.10 Å². The molecule has 2 N–H and O–H groups in total. The molecule has 1 aromatic heterocycles. The van der Waals surface area contributed by atoms with Crippen LogP contribution >= 0.6 is 0 Å². The third-order valence-electron chi connectivity index (χ3n) is 3.49. The number of para-hydroxylation sites is 1. The molecule has 0 saturated carbocycles. The van der Waals surface area contributed by atoms with Crippen LogP contribution in [0.1, 0.15) is 28.4 Å². The minimum absolute atomic E-state index is 0.00847. The van der Waals surface area contributed by atoms with Gasteiger partial charge in [0, 0.05) is 31.5 Å². The molecular weight excluding hydrogens is 240 g/mol. The van der Waals surface area contributed by atoms with Crippen LogP contribution in [0, 0.1) is 0 Å². The lowest BCUT2D eigenvalue weighted by Crippen LogP contribution is -2.38. The number of rotatable bonds is 1. The number of aryl methyl sites for hydroxylation is 1. The zero-order chi connectivity index (χ0) is 13.4. The van der Waals surface area contributed by atoms with Gasteiger partial charge in [-0.05, 0) is 18.1 Å². The summed E-state index contributed by atoms with van der Waals surface area (Å²) in [5.74, 6) is -0.0209. The van der Waals surface area contributed by atoms with E-state index in [-0.39, 0.29) is 11.9 Å². The topological polar surface area (TPSA) is 64.2 Å². The molecule has 1 amide bonds. The molecule has 1 atom stereocenters. The van der Waals surface area contributed by atoms with Crippen molar-refractivity contribution in [2.45, 2.75) is 12.5 Å². The second-order valence-corrected chi connectivity index (χ2v) is 4.81. The zero-order valence-corrected chi connectivity index (χ0v) is 10.8. The Balaban J connectivity index is 1.98. The third kappa shape index (κ3) is 2.02. The van der Waals surface area contributed by atoms with Crippen LogP contribution in [0.25, 0.3) is 0 Å². The van der Waals surface area contributed by atoms with E-state index in [9.17, 15) is 4.79 Å². The van der Waals surface area contributed by atoms with Crippen LogP contribution in [-0.4, -0.2) is 22.2 Å². The molecule has 0 fully saturated rings. The largest absolute Gasteiger partial charge is 0.324 e. The molecule has 0 bridgehead atoms. The van der Waals surface area contributed by atoms with E-state index >= 15 is 0 Å². The van der Waals surface area contributed by atoms with Crippen molar-refractivity contribution in [2.75, 3.05) is 11.4 Å². The van der Waals surface area contributed by atoms with E-state index < -0.39 is 0 Å². The lowest BCUT2D eigenvalue weighted by molar-refractivity contribution is 0.0984. The molecule has 1 aliphatic heterocycles. The van der Waals surface area contributed by atoms with E-state index in [4.69, 9.17) is 5.73 Å². The second kappa shape index (κ2) is 4.51. The van der Waals surface area contributed by atoms with Crippen LogP contribution in [0.3, 0.4) is 0 Å². The Morgan fingerprint density at radius 1 is 1.42 bits per heavy atom. The van der Waals surface area contributed by atoms with Gasteiger partial charge >= 0.3 is 0 Å². The first-order valence-electron chi connectivity index (χ1n) is 6.32. The summed E-state index contributed by atoms with van der Waals surface area (Å²) in [6.45, 7) is 0.645. The third-order valence-corrected chi connectivity index (χ3v) is 3.49. The number of carbonyl (C=O) groups excluding carboxylic acids is 1. The minimum atomic E-state index is -0.0209. The second-order valence-electron chi connectivity index (χ2n) is 4.81. The first kappa shape index (κ1) is 11.9. The highest BCUT2D eigenvalue weighted by Crippen LogP contribution is 2.32. The van der Waals surface area contributed by atoms with Crippen molar-refractivity contribution in [3.63, 3.8) is 0 Å². The van der Waals surface area contributed by atoms with Gasteiger partial charge < -0.3 is 10.6 Å². The average Bonchev–Trinajstić information content (AvgIpc) is 2.86. The molecule has 19 heavy (non-hydrogen) atoms. The number of anilines is 1. The molecule has 98 valence electrons. The molecule has 1 unspecified atom stereocenters. The highest BCUT2D eigenvalue weighted by Gasteiger charge is 2.27. The normalized spacial score (nSPS) is 18.2. The Labute approximate surface area is 111 Å². The first-order chi connectivity index (χ1) is 9.16. The molecule has 3 rings (SSSR count). The number of benzene rings is 1. The van der Waals surface area contributed by atoms with Gasteiger partial charge in [0.25, 0.3) is 5.91 Å². The monoisotopic (exact) mass is 256 g/mol. The maximum Gasteiger partial charge on any atom is 0.261 e. The number of hydrogen-bond acceptors (Lipinski definition) is 3. The van der Waals surface area contributed by atoms with Gasteiger partial charge in [-0.1, -0.05) is 18.2 Å². The quantitative estimate of drug-likeness (QED) is 0.840. The number of aromatic nitrogens is 2. The summed E-state index contributed by atoms with van der Waals surface area (Å²) in [5.41, 5.74) is 8.65. The van der Waals surface area contributed by atoms with Crippen molar-refractivity contribution in [1.29, 1.82) is 0 Å². The molecule has 1 aromatic carbocycles. The maximum absolute atomic E-state index is 12.5. The van der Waals surface area contributed by atoms with Gasteiger partial charge in [0.1, 0.15) is 0 Å². The molecule has 1 aliphatic rings. The number of hydrogen-bond donors (Lipinski definition) is 1. The predicted octanol–water partition coefficient (Wildman–Crippen LogP) is 1.47. The van der Waals surface area contributed by atoms with Crippen molar-refractivity contribution in [3.8, 4) is 0 Å². The Morgan fingerprint density at radius 2 is 2.21 bits per heavy atom. The molecule has 2 aromatic rings. The highest BCUT2D eigenvalue weighted by atomic mass is 16.2. The lowest BCUT2D eigenvalue weighted by atomic mass is 9.97. The Morgan fingerprint density at radius 3 is 2.95 bits per heavy atom. The van der Waals surface area contributed by atoms with Crippen LogP contribution in [0.5, 0.6) is 0 Å². The van der Waals surface area contributed by atoms with Gasteiger partial charge in [-0.2, -0.15) is 5.10 Å². The number of nitrogens with two attached hydrogens (primary N) is 1. The van der Waals surface area contributed by atoms with Crippen LogP contribution in [0.4, 0.5) is 5.69 Å². The lowest BCUT2D eigenvalue weighted by Gasteiger charge is -2.32.